The molecule has 0 aromatic carbocycles. The molecule has 0 spiro atoms. The van der Waals surface area contributed by atoms with Gasteiger partial charge in [0.2, 0.25) is 0 Å². The van der Waals surface area contributed by atoms with E-state index in [-0.39, 0.29) is 41.8 Å². The first kappa shape index (κ1) is 68.2. The molecule has 0 aromatic rings. The van der Waals surface area contributed by atoms with Crippen molar-refractivity contribution in [1.29, 1.82) is 0 Å². The van der Waals surface area contributed by atoms with Crippen molar-refractivity contribution < 1.29 is 186 Å². The summed E-state index contributed by atoms with van der Waals surface area (Å²) in [5.74, 6) is -22.6. The molecular weight excluding hydrogens is 1060 g/mol. The average molecular weight is 1080 g/mol. The van der Waals surface area contributed by atoms with Crippen LogP contribution in [0.4, 0.5) is 105 Å². The smallest absolute Gasteiger partial charge is 0.324 e. The van der Waals surface area contributed by atoms with Gasteiger partial charge in [0.05, 0.1) is 0 Å². The molecule has 0 aliphatic heterocycles. The second kappa shape index (κ2) is 26.7. The minimum absolute atomic E-state index is 0. The minimum atomic E-state index is -5.46. The molecule has 0 unspecified atom stereocenters. The number of Topliss-reactive ketones (excluding diaryl/α,β-unsaturated/α-hetero) is 8. The molecule has 0 saturated carbocycles. The van der Waals surface area contributed by atoms with Crippen LogP contribution in [0.15, 0.2) is 0 Å². The number of rotatable bonds is 11. The van der Waals surface area contributed by atoms with Gasteiger partial charge in [0.25, 0.3) is 0 Å². The number of hydrogen-bond acceptors (Lipinski definition) is 9. The van der Waals surface area contributed by atoms with E-state index < -0.39 is 121 Å². The van der Waals surface area contributed by atoms with E-state index in [1.165, 1.54) is 19.6 Å². The third-order valence-electron chi connectivity index (χ3n) is 4.63. The minimum Gasteiger partial charge on any atom is -0.324 e. The Kier molecular flexibility index (Phi) is 30.4. The zero-order valence-electron chi connectivity index (χ0n) is 29.6. The fraction of sp³-hybridized carbons (Fsp3) is 0.538. The molecule has 0 rings (SSSR count). The predicted octanol–water partition coefficient (Wildman–Crippen LogP) is 7.27. The molecule has 9 nitrogen and oxygen atoms in total. The maximum atomic E-state index is 11.3. The van der Waals surface area contributed by atoms with E-state index in [1.54, 1.807) is 0 Å². The largest absolute Gasteiger partial charge is 3.00 e. The Morgan fingerprint density at radius 2 is 0.383 bits per heavy atom. The Morgan fingerprint density at radius 1 is 0.300 bits per heavy atom. The maximum absolute atomic E-state index is 11.3. The molecule has 0 amide bonds. The van der Waals surface area contributed by atoms with Gasteiger partial charge in [0.15, 0.2) is 0 Å². The molecule has 0 bridgehead atoms. The first-order valence-electron chi connectivity index (χ1n) is 13.5. The van der Waals surface area contributed by atoms with Gasteiger partial charge < -0.3 is 43.3 Å². The average Bonchev–Trinajstić information content (AvgIpc) is 2.99. The summed E-state index contributed by atoms with van der Waals surface area (Å²) < 4.78 is 271. The van der Waals surface area contributed by atoms with Crippen LogP contribution in [0.25, 0.3) is 0 Å². The zero-order chi connectivity index (χ0) is 49.1. The van der Waals surface area contributed by atoms with Gasteiger partial charge in [-0.1, -0.05) is 20.8 Å². The van der Waals surface area contributed by atoms with Gasteiger partial charge in [0, 0.05) is 0 Å². The van der Waals surface area contributed by atoms with Crippen molar-refractivity contribution in [3.63, 3.8) is 0 Å². The van der Waals surface area contributed by atoms with Crippen LogP contribution in [0.1, 0.15) is 22.2 Å². The van der Waals surface area contributed by atoms with Crippen LogP contribution < -0.4 is 0 Å². The van der Waals surface area contributed by atoms with Crippen molar-refractivity contribution in [3.8, 4) is 0 Å². The van der Waals surface area contributed by atoms with Crippen molar-refractivity contribution in [2.75, 3.05) is 19.6 Å². The van der Waals surface area contributed by atoms with Crippen LogP contribution in [0, 0.1) is 66.1 Å². The number of ketones is 8. The summed E-state index contributed by atoms with van der Waals surface area (Å²) in [6, 6.07) is 0. The molecule has 0 aliphatic rings. The summed E-state index contributed by atoms with van der Waals surface area (Å²) in [4.78, 5) is 80.9. The monoisotopic (exact) mass is 1080 g/mol. The molecule has 0 saturated heterocycles. The second-order valence-corrected chi connectivity index (χ2v) is 9.09. The molecule has 1 radical (unpaired) electrons. The molecule has 0 N–H and O–H groups in total. The summed E-state index contributed by atoms with van der Waals surface area (Å²) in [5, 5.41) is 0. The maximum Gasteiger partial charge on any atom is 3.00 e. The van der Waals surface area contributed by atoms with Crippen LogP contribution in [0.2, 0.25) is 0 Å². The van der Waals surface area contributed by atoms with Gasteiger partial charge in [-0.25, -0.2) is 25.7 Å². The molecule has 0 heterocycles. The van der Waals surface area contributed by atoms with Gasteiger partial charge in [0.1, 0.15) is 46.3 Å². The molecule has 0 atom stereocenters. The van der Waals surface area contributed by atoms with Crippen molar-refractivity contribution in [1.82, 2.24) is 4.90 Å². The van der Waals surface area contributed by atoms with Crippen LogP contribution in [-0.2, 0) is 38.4 Å². The Bertz CT molecular complexity index is 1120. The van der Waals surface area contributed by atoms with Crippen LogP contribution in [-0.4, -0.2) is 120 Å². The van der Waals surface area contributed by atoms with Crippen molar-refractivity contribution in [3.05, 3.63) is 25.7 Å². The summed E-state index contributed by atoms with van der Waals surface area (Å²) in [6.45, 7) is 10.1. The summed E-state index contributed by atoms with van der Waals surface area (Å²) in [7, 11) is 0. The van der Waals surface area contributed by atoms with E-state index >= 15 is 0 Å². The van der Waals surface area contributed by atoms with E-state index in [1.807, 2.05) is 0 Å². The first-order valence-corrected chi connectivity index (χ1v) is 13.5. The van der Waals surface area contributed by atoms with E-state index in [0.29, 0.717) is 0 Å². The topological polar surface area (TPSA) is 140 Å². The summed E-state index contributed by atoms with van der Waals surface area (Å²) >= 11 is 0. The zero-order valence-corrected chi connectivity index (χ0v) is 31.2. The second-order valence-electron chi connectivity index (χ2n) is 9.09. The Balaban J connectivity index is -0.000000120. The summed E-state index contributed by atoms with van der Waals surface area (Å²) in [6.07, 6.45) is -47.8. The predicted molar refractivity (Wildman–Crippen MR) is 140 cm³/mol. The van der Waals surface area contributed by atoms with E-state index in [4.69, 9.17) is 0 Å². The van der Waals surface area contributed by atoms with Crippen molar-refractivity contribution >= 4 is 46.3 Å². The van der Waals surface area contributed by atoms with Crippen LogP contribution in [0.5, 0.6) is 0 Å². The Hall–Kier alpha value is -3.54. The third-order valence-corrected chi connectivity index (χ3v) is 4.63. The third kappa shape index (κ3) is 35.2. The SMILES string of the molecule is CCN(CC)CC.O=C([CH-]C(=O)C(F)(F)F)C(F)(F)F.O=C([CH-]C(=O)C(F)(F)F)C(F)(F)F.O=C([CH-]C(=O)C(F)(F)F)C(F)(F)F.O=C([CH-]C(=O)C(F)(F)F)C(F)(F)F.[H+].[Sm+3]. The standard InChI is InChI=1S/C6H15N.4C5HF6O2.Sm/c1-4-7(5-2)6-3;4*6-4(7,8)2(12)1-3(13)5(9,10)11;/h4-6H2,1-3H3;4*1H;/q;4*-1;+3/p+1. The molecule has 0 fully saturated rings. The number of carbonyl (C=O) groups excluding carboxylic acids is 8. The normalized spacial score (nSPS) is 12.0. The Morgan fingerprint density at radius 3 is 0.417 bits per heavy atom. The Labute approximate surface area is 351 Å². The number of nitrogens with zero attached hydrogens (tertiary/aromatic N) is 1. The number of carbonyl (C=O) groups is 8. The van der Waals surface area contributed by atoms with Gasteiger partial charge >= 0.3 is 91.2 Å². The van der Waals surface area contributed by atoms with Crippen molar-refractivity contribution in [2.45, 2.75) is 70.2 Å². The van der Waals surface area contributed by atoms with Gasteiger partial charge in [-0.15, -0.1) is 0 Å². The van der Waals surface area contributed by atoms with Crippen LogP contribution in [0.3, 0.4) is 0 Å². The first-order chi connectivity index (χ1) is 25.5. The number of hydrogen-bond donors (Lipinski definition) is 0. The quantitative estimate of drug-likeness (QED) is 0.119. The molecule has 0 aliphatic carbocycles. The number of halogens is 24. The van der Waals surface area contributed by atoms with E-state index in [0.717, 1.165) is 0 Å². The number of alkyl halides is 24. The van der Waals surface area contributed by atoms with Crippen molar-refractivity contribution in [2.24, 2.45) is 0 Å². The molecular formula is C26H20F24NO8Sm. The fourth-order valence-electron chi connectivity index (χ4n) is 1.80. The van der Waals surface area contributed by atoms with Gasteiger partial charge in [-0.05, 0) is 19.6 Å². The van der Waals surface area contributed by atoms with E-state index in [2.05, 4.69) is 25.7 Å². The van der Waals surface area contributed by atoms with E-state index in [9.17, 15) is 144 Å². The van der Waals surface area contributed by atoms with Crippen LogP contribution >= 0.6 is 0 Å². The van der Waals surface area contributed by atoms with Gasteiger partial charge in [-0.2, -0.15) is 105 Å². The molecule has 60 heavy (non-hydrogen) atoms. The molecule has 0 aromatic heterocycles. The van der Waals surface area contributed by atoms with Gasteiger partial charge in [-0.3, -0.25) is 0 Å². The fourth-order valence-corrected chi connectivity index (χ4v) is 1.80. The molecule has 351 valence electrons. The summed E-state index contributed by atoms with van der Waals surface area (Å²) in [5.41, 5.74) is 0. The molecule has 34 heteroatoms.